The first kappa shape index (κ1) is 16.3. The van der Waals surface area contributed by atoms with E-state index in [1.165, 1.54) is 19.3 Å². The van der Waals surface area contributed by atoms with Crippen molar-refractivity contribution in [1.82, 2.24) is 0 Å². The van der Waals surface area contributed by atoms with E-state index in [1.807, 2.05) is 0 Å². The Kier molecular flexibility index (Phi) is 6.10. The third-order valence-corrected chi connectivity index (χ3v) is 3.99. The predicted molar refractivity (Wildman–Crippen MR) is 87.3 cm³/mol. The molecule has 0 fully saturated rings. The Labute approximate surface area is 120 Å². The topological polar surface area (TPSA) is 0 Å². The summed E-state index contributed by atoms with van der Waals surface area (Å²) >= 11 is 0. The first-order valence-corrected chi connectivity index (χ1v) is 8.05. The average molecular weight is 260 g/mol. The van der Waals surface area contributed by atoms with Crippen LogP contribution in [0.1, 0.15) is 101 Å². The van der Waals surface area contributed by atoms with Gasteiger partial charge in [-0.15, -0.1) is 0 Å². The second-order valence-electron chi connectivity index (χ2n) is 6.71. The lowest BCUT2D eigenvalue weighted by atomic mass is 9.80. The molecule has 0 radical (unpaired) electrons. The van der Waals surface area contributed by atoms with Crippen molar-refractivity contribution in [3.05, 3.63) is 34.4 Å². The van der Waals surface area contributed by atoms with Gasteiger partial charge in [0, 0.05) is 0 Å². The van der Waals surface area contributed by atoms with Gasteiger partial charge in [-0.25, -0.2) is 0 Å². The smallest absolute Gasteiger partial charge is 0.0213 e. The van der Waals surface area contributed by atoms with Gasteiger partial charge in [0.05, 0.1) is 0 Å². The van der Waals surface area contributed by atoms with Crippen LogP contribution in [0.3, 0.4) is 0 Å². The Morgan fingerprint density at radius 3 is 1.79 bits per heavy atom. The summed E-state index contributed by atoms with van der Waals surface area (Å²) in [5.41, 5.74) is 6.40. The monoisotopic (exact) mass is 260 g/mol. The molecule has 0 aliphatic carbocycles. The molecule has 0 N–H and O–H groups in total. The normalized spacial score (nSPS) is 11.9. The molecular weight excluding hydrogens is 228 g/mol. The minimum absolute atomic E-state index is 0.620. The van der Waals surface area contributed by atoms with E-state index in [1.54, 1.807) is 22.3 Å². The van der Waals surface area contributed by atoms with Crippen LogP contribution >= 0.6 is 0 Å². The van der Waals surface area contributed by atoms with Crippen LogP contribution in [0, 0.1) is 0 Å². The maximum absolute atomic E-state index is 2.40. The van der Waals surface area contributed by atoms with Gasteiger partial charge in [-0.05, 0) is 52.8 Å². The molecule has 1 aromatic rings. The summed E-state index contributed by atoms with van der Waals surface area (Å²) in [5.74, 6) is 1.87. The molecule has 0 bridgehead atoms. The highest BCUT2D eigenvalue weighted by Crippen LogP contribution is 2.36. The maximum Gasteiger partial charge on any atom is -0.0213 e. The molecule has 0 saturated heterocycles. The van der Waals surface area contributed by atoms with Crippen LogP contribution in [-0.4, -0.2) is 0 Å². The fourth-order valence-corrected chi connectivity index (χ4v) is 3.11. The summed E-state index contributed by atoms with van der Waals surface area (Å²) < 4.78 is 0. The van der Waals surface area contributed by atoms with Gasteiger partial charge in [0.1, 0.15) is 0 Å². The van der Waals surface area contributed by atoms with Gasteiger partial charge in [0.2, 0.25) is 0 Å². The largest absolute Gasteiger partial charge is 0.0654 e. The van der Waals surface area contributed by atoms with Gasteiger partial charge in [-0.2, -0.15) is 0 Å². The average Bonchev–Trinajstić information content (AvgIpc) is 2.34. The molecule has 0 heteroatoms. The van der Waals surface area contributed by atoms with E-state index in [4.69, 9.17) is 0 Å². The highest BCUT2D eigenvalue weighted by atomic mass is 14.2. The minimum atomic E-state index is 0.620. The number of hydrogen-bond acceptors (Lipinski definition) is 0. The molecule has 1 rings (SSSR count). The number of rotatable bonds is 6. The lowest BCUT2D eigenvalue weighted by Gasteiger charge is -2.25. The summed E-state index contributed by atoms with van der Waals surface area (Å²) in [5, 5.41) is 0. The van der Waals surface area contributed by atoms with Crippen molar-refractivity contribution in [3.8, 4) is 0 Å². The van der Waals surface area contributed by atoms with Crippen molar-refractivity contribution >= 4 is 0 Å². The molecule has 0 aliphatic heterocycles. The maximum atomic E-state index is 2.40. The van der Waals surface area contributed by atoms with Gasteiger partial charge in [-0.1, -0.05) is 67.0 Å². The molecule has 0 unspecified atom stereocenters. The Morgan fingerprint density at radius 1 is 0.789 bits per heavy atom. The van der Waals surface area contributed by atoms with Gasteiger partial charge in [-0.3, -0.25) is 0 Å². The van der Waals surface area contributed by atoms with Gasteiger partial charge in [0.25, 0.3) is 0 Å². The van der Waals surface area contributed by atoms with E-state index in [0.717, 1.165) is 0 Å². The van der Waals surface area contributed by atoms with Crippen molar-refractivity contribution in [3.63, 3.8) is 0 Å². The number of hydrogen-bond donors (Lipinski definition) is 0. The quantitative estimate of drug-likeness (QED) is 0.555. The van der Waals surface area contributed by atoms with Crippen molar-refractivity contribution in [2.24, 2.45) is 0 Å². The third kappa shape index (κ3) is 3.84. The molecule has 1 aromatic carbocycles. The van der Waals surface area contributed by atoms with Gasteiger partial charge >= 0.3 is 0 Å². The van der Waals surface area contributed by atoms with Crippen LogP contribution in [0.5, 0.6) is 0 Å². The van der Waals surface area contributed by atoms with E-state index in [9.17, 15) is 0 Å². The Hall–Kier alpha value is -0.780. The molecule has 0 aliphatic rings. The lowest BCUT2D eigenvalue weighted by molar-refractivity contribution is 0.720. The van der Waals surface area contributed by atoms with Crippen molar-refractivity contribution in [2.45, 2.75) is 85.5 Å². The molecule has 108 valence electrons. The molecule has 0 atom stereocenters. The van der Waals surface area contributed by atoms with Crippen LogP contribution in [0.2, 0.25) is 0 Å². The van der Waals surface area contributed by atoms with Gasteiger partial charge < -0.3 is 0 Å². The lowest BCUT2D eigenvalue weighted by Crippen LogP contribution is -2.09. The highest BCUT2D eigenvalue weighted by Gasteiger charge is 2.19. The first-order valence-electron chi connectivity index (χ1n) is 8.05. The van der Waals surface area contributed by atoms with E-state index < -0.39 is 0 Å². The van der Waals surface area contributed by atoms with Crippen LogP contribution < -0.4 is 0 Å². The molecule has 0 amide bonds. The van der Waals surface area contributed by atoms with Crippen LogP contribution in [0.25, 0.3) is 0 Å². The zero-order valence-corrected chi connectivity index (χ0v) is 14.0. The molecule has 0 nitrogen and oxygen atoms in total. The van der Waals surface area contributed by atoms with Crippen molar-refractivity contribution < 1.29 is 0 Å². The molecule has 0 spiro atoms. The van der Waals surface area contributed by atoms with Crippen LogP contribution in [-0.2, 0) is 6.42 Å². The minimum Gasteiger partial charge on any atom is -0.0654 e. The van der Waals surface area contributed by atoms with Crippen molar-refractivity contribution in [2.75, 3.05) is 0 Å². The predicted octanol–water partition coefficient (Wildman–Crippen LogP) is 6.40. The Balaban J connectivity index is 3.40. The molecular formula is C19H32. The Bertz CT molecular complexity index is 397. The summed E-state index contributed by atoms with van der Waals surface area (Å²) in [4.78, 5) is 0. The van der Waals surface area contributed by atoms with E-state index in [2.05, 4.69) is 60.6 Å². The zero-order chi connectivity index (χ0) is 14.6. The molecule has 19 heavy (non-hydrogen) atoms. The molecule has 0 aromatic heterocycles. The van der Waals surface area contributed by atoms with E-state index >= 15 is 0 Å². The zero-order valence-electron chi connectivity index (χ0n) is 14.0. The Morgan fingerprint density at radius 2 is 1.37 bits per heavy atom. The molecule has 0 heterocycles. The third-order valence-electron chi connectivity index (χ3n) is 3.99. The fourth-order valence-electron chi connectivity index (χ4n) is 3.11. The van der Waals surface area contributed by atoms with Crippen LogP contribution in [0.4, 0.5) is 0 Å². The standard InChI is InChI=1S/C19H32/c1-8-9-10-16-11-12-17(13(2)3)19(15(6)7)18(16)14(4)5/h11-15H,8-10H2,1-7H3. The summed E-state index contributed by atoms with van der Waals surface area (Å²) in [6, 6.07) is 4.78. The van der Waals surface area contributed by atoms with Gasteiger partial charge in [0.15, 0.2) is 0 Å². The first-order chi connectivity index (χ1) is 8.90. The SMILES string of the molecule is CCCCc1ccc(C(C)C)c(C(C)C)c1C(C)C. The summed E-state index contributed by atoms with van der Waals surface area (Å²) in [6.45, 7) is 16.3. The highest BCUT2D eigenvalue weighted by molar-refractivity contribution is 5.46. The number of unbranched alkanes of at least 4 members (excludes halogenated alkanes) is 1. The number of aryl methyl sites for hydroxylation is 1. The van der Waals surface area contributed by atoms with E-state index in [0.29, 0.717) is 17.8 Å². The van der Waals surface area contributed by atoms with Crippen molar-refractivity contribution in [1.29, 1.82) is 0 Å². The fraction of sp³-hybridized carbons (Fsp3) is 0.684. The second kappa shape index (κ2) is 7.12. The van der Waals surface area contributed by atoms with Crippen LogP contribution in [0.15, 0.2) is 12.1 Å². The number of benzene rings is 1. The van der Waals surface area contributed by atoms with E-state index in [-0.39, 0.29) is 0 Å². The summed E-state index contributed by atoms with van der Waals surface area (Å²) in [6.07, 6.45) is 3.82. The summed E-state index contributed by atoms with van der Waals surface area (Å²) in [7, 11) is 0. The molecule has 0 saturated carbocycles. The second-order valence-corrected chi connectivity index (χ2v) is 6.71.